The second-order valence-corrected chi connectivity index (χ2v) is 7.86. The van der Waals surface area contributed by atoms with Gasteiger partial charge in [-0.2, -0.15) is 4.58 Å². The predicted octanol–water partition coefficient (Wildman–Crippen LogP) is 1.66. The lowest BCUT2D eigenvalue weighted by Crippen LogP contribution is -3.00. The van der Waals surface area contributed by atoms with Crippen LogP contribution in [-0.4, -0.2) is 46.6 Å². The van der Waals surface area contributed by atoms with E-state index >= 15 is 0 Å². The van der Waals surface area contributed by atoms with Crippen molar-refractivity contribution in [2.75, 3.05) is 25.0 Å². The summed E-state index contributed by atoms with van der Waals surface area (Å²) in [4.78, 5) is 13.6. The number of phenols is 1. The molecule has 0 fully saturated rings. The second-order valence-electron chi connectivity index (χ2n) is 7.86. The van der Waals surface area contributed by atoms with Gasteiger partial charge in [-0.3, -0.25) is 0 Å². The highest BCUT2D eigenvalue weighted by Gasteiger charge is 2.43. The molecule has 0 aliphatic carbocycles. The summed E-state index contributed by atoms with van der Waals surface area (Å²) in [5, 5.41) is 19.8. The van der Waals surface area contributed by atoms with Gasteiger partial charge in [0.2, 0.25) is 5.69 Å². The number of aromatic hydroxyl groups is 1. The molecular weight excluding hydrogens is 491 g/mol. The average Bonchev–Trinajstić information content (AvgIpc) is 2.87. The molecule has 0 radical (unpaired) electrons. The number of nitrogens with zero attached hydrogens (tertiary/aromatic N) is 2. The van der Waals surface area contributed by atoms with Crippen LogP contribution in [0.1, 0.15) is 49.2 Å². The van der Waals surface area contributed by atoms with Crippen molar-refractivity contribution >= 4 is 29.1 Å². The fraction of sp³-hybridized carbons (Fsp3) is 0.333. The summed E-state index contributed by atoms with van der Waals surface area (Å²) >= 11 is 0. The molecule has 0 bridgehead atoms. The van der Waals surface area contributed by atoms with E-state index in [0.717, 1.165) is 41.3 Å². The van der Waals surface area contributed by atoms with E-state index in [1.807, 2.05) is 37.4 Å². The summed E-state index contributed by atoms with van der Waals surface area (Å²) in [6.45, 7) is 10.1. The van der Waals surface area contributed by atoms with Crippen molar-refractivity contribution in [2.24, 2.45) is 0 Å². The number of phenolic OH excluding ortho intramolecular Hbond substituents is 1. The number of fused-ring (bicyclic) bond motifs is 1. The maximum absolute atomic E-state index is 11.4. The van der Waals surface area contributed by atoms with Gasteiger partial charge in [0.05, 0.1) is 11.0 Å². The number of hydrogen-bond donors (Lipinski definition) is 2. The molecule has 1 aliphatic heterocycles. The molecule has 2 aromatic carbocycles. The molecule has 0 unspecified atom stereocenters. The highest BCUT2D eigenvalue weighted by molar-refractivity contribution is 6.06. The summed E-state index contributed by atoms with van der Waals surface area (Å²) < 4.78 is 2.08. The van der Waals surface area contributed by atoms with E-state index < -0.39 is 5.97 Å². The monoisotopic (exact) mass is 520 g/mol. The third-order valence-corrected chi connectivity index (χ3v) is 5.84. The van der Waals surface area contributed by atoms with E-state index in [2.05, 4.69) is 37.2 Å². The molecule has 0 saturated carbocycles. The van der Waals surface area contributed by atoms with E-state index in [0.29, 0.717) is 5.56 Å². The quantitative estimate of drug-likeness (QED) is 0.450. The molecule has 1 aliphatic rings. The fourth-order valence-electron chi connectivity index (χ4n) is 4.10. The van der Waals surface area contributed by atoms with E-state index in [4.69, 9.17) is 0 Å². The summed E-state index contributed by atoms with van der Waals surface area (Å²) in [5.41, 5.74) is 4.73. The minimum atomic E-state index is -0.923. The van der Waals surface area contributed by atoms with Crippen LogP contribution in [-0.2, 0) is 5.41 Å². The van der Waals surface area contributed by atoms with Crippen molar-refractivity contribution in [1.82, 2.24) is 0 Å². The van der Waals surface area contributed by atoms with Gasteiger partial charge < -0.3 is 39.1 Å². The number of aromatic carboxylic acids is 1. The minimum Gasteiger partial charge on any atom is -1.00 e. The van der Waals surface area contributed by atoms with Crippen LogP contribution >= 0.6 is 0 Å². The first kappa shape index (κ1) is 23.9. The van der Waals surface area contributed by atoms with Gasteiger partial charge in [0.25, 0.3) is 0 Å². The summed E-state index contributed by atoms with van der Waals surface area (Å²) in [7, 11) is 1.98. The minimum absolute atomic E-state index is 0. The third-order valence-electron chi connectivity index (χ3n) is 5.84. The Hall–Kier alpha value is -2.35. The van der Waals surface area contributed by atoms with E-state index in [1.54, 1.807) is 18.2 Å². The van der Waals surface area contributed by atoms with Gasteiger partial charge in [-0.25, -0.2) is 4.79 Å². The molecule has 2 aromatic rings. The van der Waals surface area contributed by atoms with Crippen LogP contribution < -0.4 is 28.9 Å². The number of carboxylic acid groups (broad SMARTS) is 1. The Morgan fingerprint density at radius 1 is 1.10 bits per heavy atom. The normalized spacial score (nSPS) is 14.6. The number of rotatable bonds is 6. The smallest absolute Gasteiger partial charge is 0.335 e. The Morgan fingerprint density at radius 3 is 2.33 bits per heavy atom. The molecule has 0 atom stereocenters. The lowest BCUT2D eigenvalue weighted by molar-refractivity contribution is -0.401. The lowest BCUT2D eigenvalue weighted by atomic mass is 9.80. The third kappa shape index (κ3) is 4.24. The maximum Gasteiger partial charge on any atom is 0.335 e. The standard InChI is InChI=1S/C24H28N2O3.HI/c1-6-26(7-2)18-11-8-16(21(27)15-18)10-13-22-24(3,4)19-14-17(23(28)29)9-12-20(19)25(22)5;/h8-15H,6-7H2,1-5H3,(H,28,29);1H. The number of carbonyl (C=O) groups is 1. The average molecular weight is 520 g/mol. The van der Waals surface area contributed by atoms with Crippen molar-refractivity contribution < 1.29 is 43.6 Å². The number of allylic oxidation sites excluding steroid dienone is 1. The SMILES string of the molecule is CCN(CC)c1ccc(C=CC2=[N+](C)c3ccc(C(=O)O)cc3C2(C)C)c(O)c1.[I-]. The zero-order valence-corrected chi connectivity index (χ0v) is 20.3. The van der Waals surface area contributed by atoms with Crippen LogP contribution in [0.3, 0.4) is 0 Å². The molecule has 1 heterocycles. The largest absolute Gasteiger partial charge is 1.00 e. The Balaban J connectivity index is 0.00000320. The maximum atomic E-state index is 11.4. The van der Waals surface area contributed by atoms with Crippen LogP contribution in [0.4, 0.5) is 11.4 Å². The van der Waals surface area contributed by atoms with Crippen molar-refractivity contribution in [3.8, 4) is 5.75 Å². The predicted molar refractivity (Wildman–Crippen MR) is 118 cm³/mol. The van der Waals surface area contributed by atoms with Gasteiger partial charge in [0.1, 0.15) is 12.8 Å². The molecule has 30 heavy (non-hydrogen) atoms. The first-order valence-electron chi connectivity index (χ1n) is 9.95. The Kier molecular flexibility index (Phi) is 7.34. The highest BCUT2D eigenvalue weighted by atomic mass is 127. The van der Waals surface area contributed by atoms with Gasteiger partial charge in [-0.05, 0) is 58.0 Å². The van der Waals surface area contributed by atoms with Gasteiger partial charge in [0, 0.05) is 48.1 Å². The molecule has 0 aromatic heterocycles. The highest BCUT2D eigenvalue weighted by Crippen LogP contribution is 2.40. The molecule has 0 amide bonds. The van der Waals surface area contributed by atoms with Gasteiger partial charge in [-0.15, -0.1) is 0 Å². The van der Waals surface area contributed by atoms with Crippen LogP contribution in [0, 0.1) is 0 Å². The molecule has 2 N–H and O–H groups in total. The summed E-state index contributed by atoms with van der Waals surface area (Å²) in [5.74, 6) is -0.677. The zero-order valence-electron chi connectivity index (χ0n) is 18.1. The van der Waals surface area contributed by atoms with Gasteiger partial charge in [0.15, 0.2) is 5.71 Å². The number of carboxylic acids is 1. The van der Waals surface area contributed by atoms with Gasteiger partial charge in [-0.1, -0.05) is 0 Å². The number of hydrogen-bond acceptors (Lipinski definition) is 3. The topological polar surface area (TPSA) is 63.8 Å². The Morgan fingerprint density at radius 2 is 1.77 bits per heavy atom. The molecule has 160 valence electrons. The van der Waals surface area contributed by atoms with Crippen molar-refractivity contribution in [3.05, 3.63) is 59.2 Å². The summed E-state index contributed by atoms with van der Waals surface area (Å²) in [6, 6.07) is 11.0. The van der Waals surface area contributed by atoms with E-state index in [9.17, 15) is 15.0 Å². The summed E-state index contributed by atoms with van der Waals surface area (Å²) in [6.07, 6.45) is 3.92. The van der Waals surface area contributed by atoms with Crippen LogP contribution in [0.5, 0.6) is 5.75 Å². The molecule has 3 rings (SSSR count). The lowest BCUT2D eigenvalue weighted by Gasteiger charge is -2.21. The number of benzene rings is 2. The molecule has 0 spiro atoms. The fourth-order valence-corrected chi connectivity index (χ4v) is 4.10. The second kappa shape index (κ2) is 9.20. The Labute approximate surface area is 195 Å². The molecular formula is C24H29IN2O3. The van der Waals surface area contributed by atoms with Crippen LogP contribution in [0.15, 0.2) is 42.5 Å². The van der Waals surface area contributed by atoms with Crippen molar-refractivity contribution in [3.63, 3.8) is 0 Å². The van der Waals surface area contributed by atoms with E-state index in [1.165, 1.54) is 0 Å². The van der Waals surface area contributed by atoms with E-state index in [-0.39, 0.29) is 35.1 Å². The van der Waals surface area contributed by atoms with Crippen molar-refractivity contribution in [2.45, 2.75) is 33.1 Å². The first-order valence-corrected chi connectivity index (χ1v) is 9.95. The first-order chi connectivity index (χ1) is 13.7. The molecule has 5 nitrogen and oxygen atoms in total. The van der Waals surface area contributed by atoms with Crippen molar-refractivity contribution in [1.29, 1.82) is 0 Å². The van der Waals surface area contributed by atoms with Gasteiger partial charge >= 0.3 is 5.97 Å². The number of halogens is 1. The molecule has 0 saturated heterocycles. The Bertz CT molecular complexity index is 1020. The van der Waals surface area contributed by atoms with Crippen LogP contribution in [0.25, 0.3) is 6.08 Å². The zero-order chi connectivity index (χ0) is 21.3. The molecule has 6 heteroatoms. The number of anilines is 1. The van der Waals surface area contributed by atoms with Crippen LogP contribution in [0.2, 0.25) is 0 Å².